The van der Waals surface area contributed by atoms with Gasteiger partial charge in [0.2, 0.25) is 0 Å². The van der Waals surface area contributed by atoms with Crippen LogP contribution in [0.2, 0.25) is 0 Å². The Labute approximate surface area is 107 Å². The van der Waals surface area contributed by atoms with E-state index in [-0.39, 0.29) is 18.8 Å². The molecule has 3 N–H and O–H groups in total. The Hall–Kier alpha value is -1.96. The number of amides is 1. The van der Waals surface area contributed by atoms with E-state index in [4.69, 9.17) is 10.5 Å². The largest absolute Gasteiger partial charge is 0.573 e. The van der Waals surface area contributed by atoms with Crippen molar-refractivity contribution in [3.63, 3.8) is 0 Å². The van der Waals surface area contributed by atoms with Gasteiger partial charge in [0.15, 0.2) is 18.1 Å². The molecule has 0 atom stereocenters. The number of carbonyl (C=O) groups is 1. The SMILES string of the molecule is NCCNC(=O)COc1ccccc1OC(F)(F)F. The number of nitrogens with two attached hydrogens (primary N) is 1. The van der Waals surface area contributed by atoms with E-state index in [9.17, 15) is 18.0 Å². The number of hydrogen-bond donors (Lipinski definition) is 2. The molecule has 0 fully saturated rings. The van der Waals surface area contributed by atoms with E-state index >= 15 is 0 Å². The molecule has 0 aliphatic heterocycles. The Bertz CT molecular complexity index is 424. The summed E-state index contributed by atoms with van der Waals surface area (Å²) in [5.74, 6) is -1.14. The first-order chi connectivity index (χ1) is 8.92. The number of ether oxygens (including phenoxy) is 2. The van der Waals surface area contributed by atoms with E-state index in [2.05, 4.69) is 10.1 Å². The summed E-state index contributed by atoms with van der Waals surface area (Å²) in [6.45, 7) is 0.112. The number of carbonyl (C=O) groups excluding carboxylic acids is 1. The molecule has 0 aliphatic rings. The summed E-state index contributed by atoms with van der Waals surface area (Å²) in [5.41, 5.74) is 5.18. The van der Waals surface area contributed by atoms with Gasteiger partial charge in [-0.3, -0.25) is 4.79 Å². The van der Waals surface area contributed by atoms with Crippen LogP contribution in [0.3, 0.4) is 0 Å². The maximum Gasteiger partial charge on any atom is 0.573 e. The van der Waals surface area contributed by atoms with Crippen LogP contribution in [0.15, 0.2) is 24.3 Å². The normalized spacial score (nSPS) is 10.9. The van der Waals surface area contributed by atoms with Crippen LogP contribution in [0.25, 0.3) is 0 Å². The number of halogens is 3. The van der Waals surface area contributed by atoms with Crippen molar-refractivity contribution < 1.29 is 27.4 Å². The zero-order valence-electron chi connectivity index (χ0n) is 9.87. The van der Waals surface area contributed by atoms with Gasteiger partial charge < -0.3 is 20.5 Å². The fourth-order valence-electron chi connectivity index (χ4n) is 1.18. The third-order valence-electron chi connectivity index (χ3n) is 1.90. The molecule has 0 heterocycles. The number of alkyl halides is 3. The van der Waals surface area contributed by atoms with Crippen molar-refractivity contribution in [1.29, 1.82) is 0 Å². The molecule has 0 saturated heterocycles. The maximum absolute atomic E-state index is 12.1. The molecule has 1 aromatic carbocycles. The Kier molecular flexibility index (Phi) is 5.43. The van der Waals surface area contributed by atoms with E-state index in [1.165, 1.54) is 18.2 Å². The maximum atomic E-state index is 12.1. The molecule has 19 heavy (non-hydrogen) atoms. The standard InChI is InChI=1S/C11H13F3N2O3/c12-11(13,14)19-9-4-2-1-3-8(9)18-7-10(17)16-6-5-15/h1-4H,5-7,15H2,(H,16,17). The van der Waals surface area contributed by atoms with Crippen molar-refractivity contribution in [2.75, 3.05) is 19.7 Å². The number of benzene rings is 1. The molecule has 0 saturated carbocycles. The van der Waals surface area contributed by atoms with Crippen LogP contribution in [-0.4, -0.2) is 32.0 Å². The van der Waals surface area contributed by atoms with Gasteiger partial charge in [0.05, 0.1) is 0 Å². The van der Waals surface area contributed by atoms with Gasteiger partial charge in [-0.25, -0.2) is 0 Å². The van der Waals surface area contributed by atoms with Gasteiger partial charge in [0, 0.05) is 13.1 Å². The minimum absolute atomic E-state index is 0.164. The lowest BCUT2D eigenvalue weighted by Crippen LogP contribution is -2.33. The summed E-state index contributed by atoms with van der Waals surface area (Å²) in [5, 5.41) is 2.42. The van der Waals surface area contributed by atoms with Crippen LogP contribution in [0, 0.1) is 0 Å². The van der Waals surface area contributed by atoms with Gasteiger partial charge in [-0.1, -0.05) is 12.1 Å². The highest BCUT2D eigenvalue weighted by molar-refractivity contribution is 5.77. The second-order valence-electron chi connectivity index (χ2n) is 3.42. The lowest BCUT2D eigenvalue weighted by atomic mass is 10.3. The van der Waals surface area contributed by atoms with Crippen LogP contribution < -0.4 is 20.5 Å². The van der Waals surface area contributed by atoms with Gasteiger partial charge >= 0.3 is 6.36 Å². The number of para-hydroxylation sites is 2. The van der Waals surface area contributed by atoms with Gasteiger partial charge in [-0.2, -0.15) is 0 Å². The van der Waals surface area contributed by atoms with Crippen molar-refractivity contribution in [1.82, 2.24) is 5.32 Å². The Balaban J connectivity index is 2.60. The number of nitrogens with one attached hydrogen (secondary N) is 1. The fraction of sp³-hybridized carbons (Fsp3) is 0.364. The smallest absolute Gasteiger partial charge is 0.480 e. The average Bonchev–Trinajstić information content (AvgIpc) is 2.33. The molecule has 0 aromatic heterocycles. The first kappa shape index (κ1) is 15.1. The van der Waals surface area contributed by atoms with Crippen molar-refractivity contribution in [2.45, 2.75) is 6.36 Å². The molecule has 1 amide bonds. The van der Waals surface area contributed by atoms with E-state index in [1.54, 1.807) is 0 Å². The van der Waals surface area contributed by atoms with Gasteiger partial charge in [0.25, 0.3) is 5.91 Å². The Morgan fingerprint density at radius 1 is 1.26 bits per heavy atom. The van der Waals surface area contributed by atoms with Gasteiger partial charge in [-0.15, -0.1) is 13.2 Å². The molecule has 5 nitrogen and oxygen atoms in total. The minimum atomic E-state index is -4.82. The molecule has 0 radical (unpaired) electrons. The molecule has 0 bridgehead atoms. The summed E-state index contributed by atoms with van der Waals surface area (Å²) < 4.78 is 45.1. The second-order valence-corrected chi connectivity index (χ2v) is 3.42. The van der Waals surface area contributed by atoms with Gasteiger partial charge in [0.1, 0.15) is 0 Å². The Morgan fingerprint density at radius 3 is 2.47 bits per heavy atom. The first-order valence-corrected chi connectivity index (χ1v) is 5.36. The van der Waals surface area contributed by atoms with E-state index < -0.39 is 24.6 Å². The highest BCUT2D eigenvalue weighted by Gasteiger charge is 2.32. The molecular formula is C11H13F3N2O3. The summed E-state index contributed by atoms with van der Waals surface area (Å²) in [4.78, 5) is 11.2. The predicted molar refractivity (Wildman–Crippen MR) is 60.7 cm³/mol. The molecule has 106 valence electrons. The van der Waals surface area contributed by atoms with Crippen molar-refractivity contribution in [3.05, 3.63) is 24.3 Å². The first-order valence-electron chi connectivity index (χ1n) is 5.36. The van der Waals surface area contributed by atoms with Crippen molar-refractivity contribution in [3.8, 4) is 11.5 Å². The quantitative estimate of drug-likeness (QED) is 0.815. The highest BCUT2D eigenvalue weighted by Crippen LogP contribution is 2.31. The fourth-order valence-corrected chi connectivity index (χ4v) is 1.18. The second kappa shape index (κ2) is 6.83. The number of rotatable bonds is 6. The molecule has 8 heteroatoms. The van der Waals surface area contributed by atoms with E-state index in [1.807, 2.05) is 0 Å². The minimum Gasteiger partial charge on any atom is -0.480 e. The predicted octanol–water partition coefficient (Wildman–Crippen LogP) is 1.04. The lowest BCUT2D eigenvalue weighted by molar-refractivity contribution is -0.275. The summed E-state index contributed by atoms with van der Waals surface area (Å²) in [6.07, 6.45) is -4.82. The zero-order chi connectivity index (χ0) is 14.3. The lowest BCUT2D eigenvalue weighted by Gasteiger charge is -2.13. The van der Waals surface area contributed by atoms with Crippen molar-refractivity contribution >= 4 is 5.91 Å². The third kappa shape index (κ3) is 5.96. The summed E-state index contributed by atoms with van der Waals surface area (Å²) in [6, 6.07) is 5.21. The van der Waals surface area contributed by atoms with Crippen LogP contribution in [0.4, 0.5) is 13.2 Å². The Morgan fingerprint density at radius 2 is 1.89 bits per heavy atom. The molecule has 1 rings (SSSR count). The van der Waals surface area contributed by atoms with E-state index in [0.29, 0.717) is 0 Å². The van der Waals surface area contributed by atoms with E-state index in [0.717, 1.165) is 6.07 Å². The highest BCUT2D eigenvalue weighted by atomic mass is 19.4. The van der Waals surface area contributed by atoms with Crippen LogP contribution in [-0.2, 0) is 4.79 Å². The van der Waals surface area contributed by atoms with Crippen LogP contribution in [0.5, 0.6) is 11.5 Å². The van der Waals surface area contributed by atoms with Crippen molar-refractivity contribution in [2.24, 2.45) is 5.73 Å². The summed E-state index contributed by atoms with van der Waals surface area (Å²) in [7, 11) is 0. The molecule has 0 aliphatic carbocycles. The third-order valence-corrected chi connectivity index (χ3v) is 1.90. The van der Waals surface area contributed by atoms with Crippen LogP contribution >= 0.6 is 0 Å². The molecule has 0 spiro atoms. The average molecular weight is 278 g/mol. The summed E-state index contributed by atoms with van der Waals surface area (Å²) >= 11 is 0. The zero-order valence-corrected chi connectivity index (χ0v) is 9.87. The van der Waals surface area contributed by atoms with Gasteiger partial charge in [-0.05, 0) is 12.1 Å². The molecular weight excluding hydrogens is 265 g/mol. The monoisotopic (exact) mass is 278 g/mol. The number of hydrogen-bond acceptors (Lipinski definition) is 4. The topological polar surface area (TPSA) is 73.6 Å². The molecule has 1 aromatic rings. The molecule has 0 unspecified atom stereocenters. The van der Waals surface area contributed by atoms with Crippen LogP contribution in [0.1, 0.15) is 0 Å².